The zero-order chi connectivity index (χ0) is 21.2. The van der Waals surface area contributed by atoms with E-state index in [9.17, 15) is 0 Å². The molecule has 0 heterocycles. The van der Waals surface area contributed by atoms with Crippen molar-refractivity contribution in [3.63, 3.8) is 0 Å². The predicted octanol–water partition coefficient (Wildman–Crippen LogP) is 1.24. The molecule has 0 aliphatic rings. The summed E-state index contributed by atoms with van der Waals surface area (Å²) in [4.78, 5) is 0. The summed E-state index contributed by atoms with van der Waals surface area (Å²) >= 11 is -6.17. The van der Waals surface area contributed by atoms with Gasteiger partial charge in [0.2, 0.25) is 0 Å². The van der Waals surface area contributed by atoms with Crippen LogP contribution in [0.1, 0.15) is 105 Å². The molecule has 27 heavy (non-hydrogen) atoms. The van der Waals surface area contributed by atoms with Gasteiger partial charge in [0.05, 0.1) is 26.2 Å². The van der Waals surface area contributed by atoms with E-state index < -0.39 is 16.7 Å². The normalized spacial score (nSPS) is 10.6. The Morgan fingerprint density at radius 1 is 0.519 bits per heavy atom. The second-order valence-electron chi connectivity index (χ2n) is 6.97. The van der Waals surface area contributed by atoms with E-state index >= 15 is 0 Å². The Morgan fingerprint density at radius 2 is 0.704 bits per heavy atom. The van der Waals surface area contributed by atoms with Crippen molar-refractivity contribution < 1.29 is 41.7 Å². The summed E-state index contributed by atoms with van der Waals surface area (Å²) in [6.45, 7) is 14.4. The second kappa shape index (κ2) is 28.3. The van der Waals surface area contributed by atoms with E-state index in [2.05, 4.69) is 38.3 Å². The molecule has 7 heteroatoms. The van der Waals surface area contributed by atoms with E-state index in [1.165, 1.54) is 103 Å². The summed E-state index contributed by atoms with van der Waals surface area (Å²) in [6, 6.07) is 0. The molecule has 0 bridgehead atoms. The van der Waals surface area contributed by atoms with Crippen molar-refractivity contribution in [2.45, 2.75) is 105 Å². The number of unbranched alkanes of at least 4 members (excludes halogenated alkanes) is 8. The average Bonchev–Trinajstić information content (AvgIpc) is 2.59. The molecule has 0 radical (unpaired) electrons. The third-order valence-electron chi connectivity index (χ3n) is 4.05. The SMILES string of the molecule is CCCCC[NH2+]CCCCC.CCCCC[NH2+]CCCCC.[O]=[W](=[O])([O-])[O-]. The molecule has 0 aliphatic carbocycles. The summed E-state index contributed by atoms with van der Waals surface area (Å²) in [5.41, 5.74) is 0. The van der Waals surface area contributed by atoms with Crippen LogP contribution in [0, 0.1) is 0 Å². The molecule has 0 atom stereocenters. The van der Waals surface area contributed by atoms with Gasteiger partial charge < -0.3 is 10.6 Å². The van der Waals surface area contributed by atoms with Crippen LogP contribution < -0.4 is 18.2 Å². The van der Waals surface area contributed by atoms with E-state index in [4.69, 9.17) is 14.3 Å². The molecule has 0 unspecified atom stereocenters. The van der Waals surface area contributed by atoms with E-state index in [1.54, 1.807) is 0 Å². The molecule has 4 N–H and O–H groups in total. The molecular formula is C20H48N2O4W. The maximum atomic E-state index is 8.65. The van der Waals surface area contributed by atoms with Crippen LogP contribution in [0.15, 0.2) is 0 Å². The third kappa shape index (κ3) is 58.5. The fourth-order valence-corrected chi connectivity index (χ4v) is 2.44. The van der Waals surface area contributed by atoms with E-state index in [0.29, 0.717) is 0 Å². The first-order chi connectivity index (χ1) is 12.8. The van der Waals surface area contributed by atoms with Gasteiger partial charge in [-0.05, 0) is 51.4 Å². The molecule has 168 valence electrons. The molecule has 0 spiro atoms. The molecular weight excluding hydrogens is 516 g/mol. The van der Waals surface area contributed by atoms with E-state index in [1.807, 2.05) is 0 Å². The molecule has 0 aromatic rings. The molecule has 0 aromatic heterocycles. The average molecular weight is 564 g/mol. The van der Waals surface area contributed by atoms with Crippen LogP contribution in [-0.4, -0.2) is 26.2 Å². The van der Waals surface area contributed by atoms with Gasteiger partial charge in [0.1, 0.15) is 0 Å². The minimum atomic E-state index is -6.17. The molecule has 0 saturated heterocycles. The number of hydrogen-bond acceptors (Lipinski definition) is 4. The maximum absolute atomic E-state index is 8.65. The van der Waals surface area contributed by atoms with Gasteiger partial charge in [-0.15, -0.1) is 0 Å². The number of hydrogen-bond donors (Lipinski definition) is 2. The van der Waals surface area contributed by atoms with Gasteiger partial charge in [0, 0.05) is 0 Å². The Kier molecular flexibility index (Phi) is 33.4. The van der Waals surface area contributed by atoms with E-state index in [-0.39, 0.29) is 0 Å². The van der Waals surface area contributed by atoms with E-state index in [0.717, 1.165) is 0 Å². The van der Waals surface area contributed by atoms with Gasteiger partial charge in [-0.2, -0.15) is 0 Å². The molecule has 0 aromatic carbocycles. The van der Waals surface area contributed by atoms with Crippen molar-refractivity contribution in [3.05, 3.63) is 0 Å². The van der Waals surface area contributed by atoms with Crippen LogP contribution in [0.25, 0.3) is 0 Å². The fraction of sp³-hybridized carbons (Fsp3) is 1.00. The van der Waals surface area contributed by atoms with Crippen molar-refractivity contribution in [1.29, 1.82) is 0 Å². The van der Waals surface area contributed by atoms with Gasteiger partial charge in [0.15, 0.2) is 0 Å². The molecule has 6 nitrogen and oxygen atoms in total. The van der Waals surface area contributed by atoms with Crippen molar-refractivity contribution in [2.24, 2.45) is 0 Å². The number of nitrogens with two attached hydrogens (primary N) is 2. The number of rotatable bonds is 16. The third-order valence-corrected chi connectivity index (χ3v) is 4.05. The predicted molar refractivity (Wildman–Crippen MR) is 103 cm³/mol. The molecule has 0 aliphatic heterocycles. The second-order valence-corrected chi connectivity index (χ2v) is 9.90. The van der Waals surface area contributed by atoms with Crippen LogP contribution >= 0.6 is 0 Å². The first-order valence-corrected chi connectivity index (χ1v) is 15.9. The Morgan fingerprint density at radius 3 is 0.852 bits per heavy atom. The molecule has 0 saturated carbocycles. The first kappa shape index (κ1) is 31.8. The Hall–Kier alpha value is 0.128. The zero-order valence-corrected chi connectivity index (χ0v) is 21.4. The van der Waals surface area contributed by atoms with Crippen molar-refractivity contribution in [3.8, 4) is 0 Å². The van der Waals surface area contributed by atoms with Crippen LogP contribution in [0.5, 0.6) is 0 Å². The summed E-state index contributed by atoms with van der Waals surface area (Å²) in [6.07, 6.45) is 16.6. The van der Waals surface area contributed by atoms with Crippen molar-refractivity contribution in [2.75, 3.05) is 26.2 Å². The standard InChI is InChI=1S/2C10H23N.4O.W/c2*1-3-5-7-9-11-10-8-6-4-2;;;;;/h2*11H,3-10H2,1-2H3;;;;;/q;;;;2*-1;/p+2. The fourth-order valence-electron chi connectivity index (χ4n) is 2.44. The molecule has 0 fully saturated rings. The zero-order valence-electron chi connectivity index (χ0n) is 18.5. The van der Waals surface area contributed by atoms with Gasteiger partial charge in [-0.1, -0.05) is 53.4 Å². The Labute approximate surface area is 172 Å². The minimum absolute atomic E-state index is 1.34. The Bertz CT molecular complexity index is 297. The van der Waals surface area contributed by atoms with Gasteiger partial charge in [0.25, 0.3) is 0 Å². The summed E-state index contributed by atoms with van der Waals surface area (Å²) < 4.78 is 34.6. The van der Waals surface area contributed by atoms with Crippen LogP contribution in [0.4, 0.5) is 0 Å². The van der Waals surface area contributed by atoms with Crippen LogP contribution in [0.3, 0.4) is 0 Å². The molecule has 0 rings (SSSR count). The monoisotopic (exact) mass is 564 g/mol. The Balaban J connectivity index is -0.000000344. The van der Waals surface area contributed by atoms with Gasteiger partial charge >= 0.3 is 31.1 Å². The topological polar surface area (TPSA) is 113 Å². The number of quaternary nitrogens is 2. The summed E-state index contributed by atoms with van der Waals surface area (Å²) in [5.74, 6) is 0. The van der Waals surface area contributed by atoms with Gasteiger partial charge in [-0.3, -0.25) is 0 Å². The summed E-state index contributed by atoms with van der Waals surface area (Å²) in [7, 11) is 0. The first-order valence-electron chi connectivity index (χ1n) is 11.1. The molecule has 0 amide bonds. The van der Waals surface area contributed by atoms with Gasteiger partial charge in [-0.25, -0.2) is 0 Å². The quantitative estimate of drug-likeness (QED) is 0.275. The van der Waals surface area contributed by atoms with Crippen LogP contribution in [-0.2, 0) is 23.5 Å². The van der Waals surface area contributed by atoms with Crippen molar-refractivity contribution >= 4 is 0 Å². The van der Waals surface area contributed by atoms with Crippen LogP contribution in [0.2, 0.25) is 0 Å². The van der Waals surface area contributed by atoms with Crippen molar-refractivity contribution in [1.82, 2.24) is 0 Å². The summed E-state index contributed by atoms with van der Waals surface area (Å²) in [5, 5.41) is 4.93.